The SMILES string of the molecule is CSC(C)CNC(=O)c1ccc(C(F)=CC(c2cc(Cl)c(Cl)c(Cl)c2)C(F)(F)F)cc1C(F)(F)F. The molecule has 2 unspecified atom stereocenters. The number of benzene rings is 2. The van der Waals surface area contributed by atoms with Crippen LogP contribution in [0.3, 0.4) is 0 Å². The van der Waals surface area contributed by atoms with Gasteiger partial charge in [-0.2, -0.15) is 38.1 Å². The predicted octanol–water partition coefficient (Wildman–Crippen LogP) is 8.80. The Labute approximate surface area is 215 Å². The largest absolute Gasteiger partial charge is 0.417 e. The lowest BCUT2D eigenvalue weighted by Crippen LogP contribution is -2.31. The smallest absolute Gasteiger partial charge is 0.351 e. The van der Waals surface area contributed by atoms with E-state index in [1.807, 2.05) is 0 Å². The summed E-state index contributed by atoms with van der Waals surface area (Å²) in [6.45, 7) is 1.82. The van der Waals surface area contributed by atoms with Gasteiger partial charge in [-0.15, -0.1) is 0 Å². The van der Waals surface area contributed by atoms with Gasteiger partial charge in [-0.1, -0.05) is 47.8 Å². The number of allylic oxidation sites excluding steroid dienone is 1. The summed E-state index contributed by atoms with van der Waals surface area (Å²) in [5, 5.41) is 1.42. The van der Waals surface area contributed by atoms with Crippen LogP contribution in [0.4, 0.5) is 30.7 Å². The standard InChI is InChI=1S/C22H17Cl3F7NOS/c1-10(35-2)9-33-20(34)13-4-3-11(5-15(13)22(30,31)32)18(26)8-14(21(27,28)29)12-6-16(23)19(25)17(24)7-12/h3-8,10,14H,9H2,1-2H3,(H,33,34). The lowest BCUT2D eigenvalue weighted by Gasteiger charge is -2.19. The molecule has 0 aromatic heterocycles. The number of hydrogen-bond donors (Lipinski definition) is 1. The average Bonchev–Trinajstić information content (AvgIpc) is 2.76. The van der Waals surface area contributed by atoms with E-state index in [0.29, 0.717) is 6.07 Å². The molecule has 0 aliphatic carbocycles. The van der Waals surface area contributed by atoms with Crippen LogP contribution in [-0.4, -0.2) is 30.1 Å². The number of alkyl halides is 6. The van der Waals surface area contributed by atoms with Crippen molar-refractivity contribution in [3.05, 3.63) is 73.7 Å². The third kappa shape index (κ3) is 7.68. The monoisotopic (exact) mass is 581 g/mol. The van der Waals surface area contributed by atoms with E-state index in [1.54, 1.807) is 13.2 Å². The van der Waals surface area contributed by atoms with Crippen LogP contribution in [0.25, 0.3) is 5.83 Å². The van der Waals surface area contributed by atoms with Crippen molar-refractivity contribution in [1.29, 1.82) is 0 Å². The Morgan fingerprint density at radius 2 is 1.63 bits per heavy atom. The van der Waals surface area contributed by atoms with Crippen LogP contribution in [-0.2, 0) is 6.18 Å². The summed E-state index contributed by atoms with van der Waals surface area (Å²) in [4.78, 5) is 12.3. The van der Waals surface area contributed by atoms with E-state index in [0.717, 1.165) is 18.2 Å². The van der Waals surface area contributed by atoms with Crippen molar-refractivity contribution in [1.82, 2.24) is 5.32 Å². The van der Waals surface area contributed by atoms with Crippen LogP contribution in [0.5, 0.6) is 0 Å². The van der Waals surface area contributed by atoms with Crippen LogP contribution < -0.4 is 5.32 Å². The molecule has 0 saturated heterocycles. The Morgan fingerprint density at radius 1 is 1.06 bits per heavy atom. The fourth-order valence-corrected chi connectivity index (χ4v) is 3.78. The zero-order chi connectivity index (χ0) is 26.7. The first kappa shape index (κ1) is 29.6. The molecule has 35 heavy (non-hydrogen) atoms. The molecule has 2 atom stereocenters. The number of hydrogen-bond acceptors (Lipinski definition) is 2. The van der Waals surface area contributed by atoms with Gasteiger partial charge in [0.2, 0.25) is 0 Å². The predicted molar refractivity (Wildman–Crippen MR) is 126 cm³/mol. The molecule has 0 spiro atoms. The summed E-state index contributed by atoms with van der Waals surface area (Å²) in [6.07, 6.45) is -8.26. The minimum Gasteiger partial charge on any atom is -0.351 e. The molecule has 0 heterocycles. The lowest BCUT2D eigenvalue weighted by molar-refractivity contribution is -0.140. The maximum Gasteiger partial charge on any atom is 0.417 e. The number of nitrogens with one attached hydrogen (secondary N) is 1. The zero-order valence-corrected chi connectivity index (χ0v) is 21.0. The molecule has 2 aromatic carbocycles. The highest BCUT2D eigenvalue weighted by molar-refractivity contribution is 7.99. The van der Waals surface area contributed by atoms with E-state index in [4.69, 9.17) is 34.8 Å². The molecule has 0 bridgehead atoms. The summed E-state index contributed by atoms with van der Waals surface area (Å²) in [5.74, 6) is -5.24. The molecule has 1 amide bonds. The first-order valence-electron chi connectivity index (χ1n) is 9.67. The maximum absolute atomic E-state index is 14.9. The molecule has 0 aliphatic heterocycles. The Bertz CT molecular complexity index is 1100. The highest BCUT2D eigenvalue weighted by Crippen LogP contribution is 2.42. The normalized spacial score (nSPS) is 14.6. The van der Waals surface area contributed by atoms with Gasteiger partial charge < -0.3 is 5.32 Å². The van der Waals surface area contributed by atoms with Crippen molar-refractivity contribution in [2.75, 3.05) is 12.8 Å². The van der Waals surface area contributed by atoms with Gasteiger partial charge in [0.15, 0.2) is 0 Å². The molecule has 0 saturated carbocycles. The third-order valence-corrected chi connectivity index (χ3v) is 7.00. The molecule has 0 radical (unpaired) electrons. The number of thioether (sulfide) groups is 1. The zero-order valence-electron chi connectivity index (χ0n) is 17.9. The minimum absolute atomic E-state index is 0.0762. The molecule has 1 N–H and O–H groups in total. The van der Waals surface area contributed by atoms with E-state index in [-0.39, 0.29) is 39.0 Å². The van der Waals surface area contributed by atoms with Gasteiger partial charge in [0.25, 0.3) is 5.91 Å². The average molecular weight is 583 g/mol. The highest BCUT2D eigenvalue weighted by atomic mass is 35.5. The number of carbonyl (C=O) groups excluding carboxylic acids is 1. The summed E-state index contributed by atoms with van der Waals surface area (Å²) in [6, 6.07) is 3.46. The van der Waals surface area contributed by atoms with Gasteiger partial charge in [-0.3, -0.25) is 4.79 Å². The summed E-state index contributed by atoms with van der Waals surface area (Å²) in [5.41, 5.74) is -3.64. The fraction of sp³-hybridized carbons (Fsp3) is 0.318. The molecule has 0 fully saturated rings. The summed E-state index contributed by atoms with van der Waals surface area (Å²) in [7, 11) is 0. The Hall–Kier alpha value is -1.62. The quantitative estimate of drug-likeness (QED) is 0.261. The number of carbonyl (C=O) groups is 1. The van der Waals surface area contributed by atoms with Crippen LogP contribution in [0.2, 0.25) is 15.1 Å². The van der Waals surface area contributed by atoms with E-state index >= 15 is 0 Å². The van der Waals surface area contributed by atoms with Crippen LogP contribution in [0, 0.1) is 0 Å². The van der Waals surface area contributed by atoms with Gasteiger partial charge in [0.1, 0.15) is 11.7 Å². The van der Waals surface area contributed by atoms with Gasteiger partial charge >= 0.3 is 12.4 Å². The van der Waals surface area contributed by atoms with Crippen molar-refractivity contribution in [3.8, 4) is 0 Å². The van der Waals surface area contributed by atoms with E-state index in [2.05, 4.69) is 5.32 Å². The first-order valence-corrected chi connectivity index (χ1v) is 12.1. The van der Waals surface area contributed by atoms with Crippen molar-refractivity contribution in [2.45, 2.75) is 30.4 Å². The molecule has 192 valence electrons. The van der Waals surface area contributed by atoms with E-state index in [9.17, 15) is 35.5 Å². The van der Waals surface area contributed by atoms with Gasteiger partial charge in [0.05, 0.1) is 26.2 Å². The fourth-order valence-electron chi connectivity index (χ4n) is 2.92. The van der Waals surface area contributed by atoms with Crippen molar-refractivity contribution < 1.29 is 35.5 Å². The second-order valence-electron chi connectivity index (χ2n) is 7.35. The number of rotatable bonds is 7. The van der Waals surface area contributed by atoms with Crippen molar-refractivity contribution in [3.63, 3.8) is 0 Å². The van der Waals surface area contributed by atoms with Crippen molar-refractivity contribution >= 4 is 58.3 Å². The Kier molecular flexibility index (Phi) is 9.83. The topological polar surface area (TPSA) is 29.1 Å². The second kappa shape index (κ2) is 11.6. The lowest BCUT2D eigenvalue weighted by atomic mass is 9.95. The number of halogens is 10. The minimum atomic E-state index is -5.07. The molecular formula is C22H17Cl3F7NOS. The van der Waals surface area contributed by atoms with Gasteiger partial charge in [-0.05, 0) is 42.2 Å². The van der Waals surface area contributed by atoms with Gasteiger partial charge in [0, 0.05) is 17.4 Å². The molecule has 2 aromatic rings. The first-order chi connectivity index (χ1) is 16.1. The van der Waals surface area contributed by atoms with E-state index < -0.39 is 52.3 Å². The Morgan fingerprint density at radius 3 is 2.11 bits per heavy atom. The van der Waals surface area contributed by atoms with Crippen LogP contribution >= 0.6 is 46.6 Å². The van der Waals surface area contributed by atoms with Crippen LogP contribution in [0.15, 0.2) is 36.4 Å². The van der Waals surface area contributed by atoms with E-state index in [1.165, 1.54) is 11.8 Å². The highest BCUT2D eigenvalue weighted by Gasteiger charge is 2.41. The van der Waals surface area contributed by atoms with Crippen LogP contribution in [0.1, 0.15) is 39.9 Å². The molecule has 2 nitrogen and oxygen atoms in total. The Balaban J connectivity index is 2.53. The van der Waals surface area contributed by atoms with Gasteiger partial charge in [-0.25, -0.2) is 4.39 Å². The molecule has 13 heteroatoms. The summed E-state index contributed by atoms with van der Waals surface area (Å²) < 4.78 is 96.8. The van der Waals surface area contributed by atoms with Crippen molar-refractivity contribution in [2.24, 2.45) is 0 Å². The molecular weight excluding hydrogens is 566 g/mol. The number of amides is 1. The molecule has 2 rings (SSSR count). The summed E-state index contributed by atoms with van der Waals surface area (Å²) >= 11 is 18.7. The molecule has 0 aliphatic rings. The maximum atomic E-state index is 14.9. The third-order valence-electron chi connectivity index (χ3n) is 4.83. The second-order valence-corrected chi connectivity index (χ2v) is 9.82.